The van der Waals surface area contributed by atoms with Gasteiger partial charge in [-0.05, 0) is 49.6 Å². The van der Waals surface area contributed by atoms with E-state index in [2.05, 4.69) is 0 Å². The van der Waals surface area contributed by atoms with Crippen molar-refractivity contribution in [3.05, 3.63) is 24.3 Å². The zero-order valence-electron chi connectivity index (χ0n) is 12.5. The van der Waals surface area contributed by atoms with Crippen LogP contribution < -0.4 is 14.8 Å². The van der Waals surface area contributed by atoms with Crippen LogP contribution in [0.2, 0.25) is 0 Å². The second-order valence-corrected chi connectivity index (χ2v) is 7.24. The molecule has 1 unspecified atom stereocenters. The van der Waals surface area contributed by atoms with Crippen molar-refractivity contribution in [2.24, 2.45) is 11.7 Å². The highest BCUT2D eigenvalue weighted by atomic mass is 32.2. The van der Waals surface area contributed by atoms with Gasteiger partial charge < -0.3 is 10.5 Å². The fraction of sp³-hybridized carbons (Fsp3) is 0.571. The molecule has 1 saturated heterocycles. The number of methoxy groups -OCH3 is 1. The number of rotatable bonds is 5. The van der Waals surface area contributed by atoms with Crippen molar-refractivity contribution < 1.29 is 13.2 Å². The van der Waals surface area contributed by atoms with Crippen molar-refractivity contribution in [3.63, 3.8) is 0 Å². The topological polar surface area (TPSA) is 75.9 Å². The van der Waals surface area contributed by atoms with Gasteiger partial charge in [0.2, 0.25) is 0 Å². The largest absolute Gasteiger partial charge is 0.497 e. The van der Waals surface area contributed by atoms with Gasteiger partial charge in [0, 0.05) is 20.1 Å². The molecule has 1 heterocycles. The molecule has 0 aliphatic carbocycles. The fourth-order valence-corrected chi connectivity index (χ4v) is 4.02. The molecule has 0 amide bonds. The molecule has 1 aliphatic rings. The number of nitrogens with zero attached hydrogens (tertiary/aromatic N) is 2. The third-order valence-corrected chi connectivity index (χ3v) is 5.81. The molecule has 1 fully saturated rings. The maximum absolute atomic E-state index is 12.7. The van der Waals surface area contributed by atoms with E-state index in [1.807, 2.05) is 0 Å². The maximum atomic E-state index is 12.7. The highest BCUT2D eigenvalue weighted by Crippen LogP contribution is 2.25. The lowest BCUT2D eigenvalue weighted by atomic mass is 10.0. The van der Waals surface area contributed by atoms with Crippen LogP contribution in [0, 0.1) is 5.92 Å². The first-order valence-electron chi connectivity index (χ1n) is 7.07. The average molecular weight is 313 g/mol. The minimum absolute atomic E-state index is 0.248. The third-order valence-electron chi connectivity index (χ3n) is 3.92. The quantitative estimate of drug-likeness (QED) is 0.881. The number of ether oxygens (including phenoxy) is 1. The molecule has 1 aromatic rings. The highest BCUT2D eigenvalue weighted by molar-refractivity contribution is 7.90. The lowest BCUT2D eigenvalue weighted by molar-refractivity contribution is 0.271. The first kappa shape index (κ1) is 16.1. The Morgan fingerprint density at radius 3 is 2.62 bits per heavy atom. The van der Waals surface area contributed by atoms with Gasteiger partial charge in [-0.3, -0.25) is 4.31 Å². The Bertz CT molecular complexity index is 559. The van der Waals surface area contributed by atoms with E-state index in [9.17, 15) is 8.42 Å². The normalized spacial score (nSPS) is 20.2. The molecule has 1 atom stereocenters. The Morgan fingerprint density at radius 2 is 2.05 bits per heavy atom. The molecule has 0 saturated carbocycles. The van der Waals surface area contributed by atoms with Crippen molar-refractivity contribution in [2.75, 3.05) is 38.1 Å². The van der Waals surface area contributed by atoms with Crippen LogP contribution in [0.25, 0.3) is 0 Å². The number of nitrogens with two attached hydrogens (primary N) is 1. The van der Waals surface area contributed by atoms with Crippen LogP contribution in [0.4, 0.5) is 5.69 Å². The molecule has 1 aromatic carbocycles. The van der Waals surface area contributed by atoms with Gasteiger partial charge in [0.1, 0.15) is 5.75 Å². The predicted molar refractivity (Wildman–Crippen MR) is 83.7 cm³/mol. The summed E-state index contributed by atoms with van der Waals surface area (Å²) in [5, 5.41) is 0. The molecular weight excluding hydrogens is 290 g/mol. The van der Waals surface area contributed by atoms with E-state index in [4.69, 9.17) is 10.5 Å². The number of piperidine rings is 1. The highest BCUT2D eigenvalue weighted by Gasteiger charge is 2.31. The molecule has 1 aliphatic heterocycles. The average Bonchev–Trinajstić information content (AvgIpc) is 2.54. The molecule has 0 radical (unpaired) electrons. The van der Waals surface area contributed by atoms with Gasteiger partial charge in [0.15, 0.2) is 0 Å². The van der Waals surface area contributed by atoms with E-state index in [0.29, 0.717) is 31.1 Å². The van der Waals surface area contributed by atoms with Gasteiger partial charge in [-0.1, -0.05) is 0 Å². The number of hydrogen-bond donors (Lipinski definition) is 1. The van der Waals surface area contributed by atoms with Crippen LogP contribution in [0.1, 0.15) is 12.8 Å². The van der Waals surface area contributed by atoms with Crippen LogP contribution in [0.15, 0.2) is 24.3 Å². The Hall–Kier alpha value is -1.31. The van der Waals surface area contributed by atoms with Gasteiger partial charge >= 0.3 is 10.2 Å². The predicted octanol–water partition coefficient (Wildman–Crippen LogP) is 1.05. The smallest absolute Gasteiger partial charge is 0.303 e. The number of benzene rings is 1. The van der Waals surface area contributed by atoms with Gasteiger partial charge in [0.25, 0.3) is 0 Å². The molecule has 118 valence electrons. The Balaban J connectivity index is 2.17. The van der Waals surface area contributed by atoms with Crippen molar-refractivity contribution in [1.29, 1.82) is 0 Å². The molecule has 2 N–H and O–H groups in total. The van der Waals surface area contributed by atoms with Crippen LogP contribution in [-0.4, -0.2) is 46.5 Å². The third kappa shape index (κ3) is 3.48. The number of anilines is 1. The van der Waals surface area contributed by atoms with Crippen LogP contribution in [0.3, 0.4) is 0 Å². The Labute approximate surface area is 126 Å². The molecule has 0 aromatic heterocycles. The van der Waals surface area contributed by atoms with Gasteiger partial charge in [-0.25, -0.2) is 0 Å². The summed E-state index contributed by atoms with van der Waals surface area (Å²) in [4.78, 5) is 0. The van der Waals surface area contributed by atoms with Crippen LogP contribution in [0.5, 0.6) is 5.75 Å². The minimum Gasteiger partial charge on any atom is -0.497 e. The van der Waals surface area contributed by atoms with E-state index in [1.54, 1.807) is 38.4 Å². The summed E-state index contributed by atoms with van der Waals surface area (Å²) >= 11 is 0. The standard InChI is InChI=1S/C14H23N3O3S/c1-16(13-5-7-14(20-2)8-6-13)21(18,19)17-9-3-4-12(10-15)11-17/h5-8,12H,3-4,9-11,15H2,1-2H3. The van der Waals surface area contributed by atoms with Crippen molar-refractivity contribution in [3.8, 4) is 5.75 Å². The first-order valence-corrected chi connectivity index (χ1v) is 8.47. The summed E-state index contributed by atoms with van der Waals surface area (Å²) in [6.07, 6.45) is 1.85. The van der Waals surface area contributed by atoms with Gasteiger partial charge in [-0.15, -0.1) is 0 Å². The van der Waals surface area contributed by atoms with Crippen molar-refractivity contribution >= 4 is 15.9 Å². The Kier molecular flexibility index (Phi) is 5.08. The van der Waals surface area contributed by atoms with Crippen molar-refractivity contribution in [2.45, 2.75) is 12.8 Å². The van der Waals surface area contributed by atoms with E-state index >= 15 is 0 Å². The molecule has 2 rings (SSSR count). The van der Waals surface area contributed by atoms with Gasteiger partial charge in [0.05, 0.1) is 12.8 Å². The van der Waals surface area contributed by atoms with E-state index in [-0.39, 0.29) is 5.92 Å². The lowest BCUT2D eigenvalue weighted by Gasteiger charge is -2.34. The van der Waals surface area contributed by atoms with Gasteiger partial charge in [-0.2, -0.15) is 12.7 Å². The molecule has 21 heavy (non-hydrogen) atoms. The second-order valence-electron chi connectivity index (χ2n) is 5.28. The minimum atomic E-state index is -3.51. The summed E-state index contributed by atoms with van der Waals surface area (Å²) in [5.74, 6) is 0.948. The molecule has 7 heteroatoms. The van der Waals surface area contributed by atoms with Crippen molar-refractivity contribution in [1.82, 2.24) is 4.31 Å². The van der Waals surface area contributed by atoms with E-state index in [0.717, 1.165) is 12.8 Å². The van der Waals surface area contributed by atoms with Crippen LogP contribution >= 0.6 is 0 Å². The summed E-state index contributed by atoms with van der Waals surface area (Å²) in [7, 11) is -0.355. The summed E-state index contributed by atoms with van der Waals surface area (Å²) in [6, 6.07) is 6.97. The van der Waals surface area contributed by atoms with Crippen LogP contribution in [-0.2, 0) is 10.2 Å². The molecular formula is C14H23N3O3S. The first-order chi connectivity index (χ1) is 9.98. The monoisotopic (exact) mass is 313 g/mol. The molecule has 6 nitrogen and oxygen atoms in total. The number of hydrogen-bond acceptors (Lipinski definition) is 4. The fourth-order valence-electron chi connectivity index (χ4n) is 2.53. The zero-order valence-corrected chi connectivity index (χ0v) is 13.3. The zero-order chi connectivity index (χ0) is 15.5. The molecule has 0 bridgehead atoms. The second kappa shape index (κ2) is 6.64. The maximum Gasteiger partial charge on any atom is 0.303 e. The lowest BCUT2D eigenvalue weighted by Crippen LogP contribution is -2.48. The van der Waals surface area contributed by atoms with E-state index < -0.39 is 10.2 Å². The summed E-state index contributed by atoms with van der Waals surface area (Å²) in [6.45, 7) is 1.58. The molecule has 0 spiro atoms. The van der Waals surface area contributed by atoms with E-state index in [1.165, 1.54) is 8.61 Å². The summed E-state index contributed by atoms with van der Waals surface area (Å²) in [5.41, 5.74) is 6.30. The summed E-state index contributed by atoms with van der Waals surface area (Å²) < 4.78 is 33.3. The SMILES string of the molecule is COc1ccc(N(C)S(=O)(=O)N2CCCC(CN)C2)cc1. The Morgan fingerprint density at radius 1 is 1.38 bits per heavy atom.